The van der Waals surface area contributed by atoms with Crippen molar-refractivity contribution in [2.45, 2.75) is 6.04 Å². The van der Waals surface area contributed by atoms with Crippen LogP contribution in [0.2, 0.25) is 0 Å². The zero-order valence-electron chi connectivity index (χ0n) is 14.8. The summed E-state index contributed by atoms with van der Waals surface area (Å²) in [5, 5.41) is 15.3. The standard InChI is InChI=1S/C19H17FN4O3S/c20-13-5-3-12(4-6-13)15(23-7-10-26-11-8-23)16-18(25)24-19(28-16)21-17(22-24)14-2-1-9-27-14/h1-6,9,15,25H,7-8,10-11H2/t15-/m0/s1. The van der Waals surface area contributed by atoms with E-state index in [0.29, 0.717) is 42.8 Å². The minimum absolute atomic E-state index is 0.0334. The van der Waals surface area contributed by atoms with E-state index in [4.69, 9.17) is 9.15 Å². The van der Waals surface area contributed by atoms with Crippen molar-refractivity contribution in [2.24, 2.45) is 0 Å². The number of aromatic nitrogens is 3. The van der Waals surface area contributed by atoms with Gasteiger partial charge in [-0.3, -0.25) is 4.90 Å². The van der Waals surface area contributed by atoms with Gasteiger partial charge in [0.15, 0.2) is 5.76 Å². The molecule has 0 radical (unpaired) electrons. The molecule has 1 aliphatic heterocycles. The topological polar surface area (TPSA) is 76.0 Å². The lowest BCUT2D eigenvalue weighted by Gasteiger charge is -2.34. The number of halogens is 1. The lowest BCUT2D eigenvalue weighted by atomic mass is 10.0. The zero-order chi connectivity index (χ0) is 19.1. The number of rotatable bonds is 4. The van der Waals surface area contributed by atoms with Crippen molar-refractivity contribution in [3.63, 3.8) is 0 Å². The first-order valence-corrected chi connectivity index (χ1v) is 9.72. The maximum absolute atomic E-state index is 13.5. The second-order valence-electron chi connectivity index (χ2n) is 6.50. The summed E-state index contributed by atoms with van der Waals surface area (Å²) in [7, 11) is 0. The van der Waals surface area contributed by atoms with Crippen LogP contribution >= 0.6 is 11.3 Å². The molecule has 0 saturated carbocycles. The number of morpholine rings is 1. The molecular weight excluding hydrogens is 383 g/mol. The maximum Gasteiger partial charge on any atom is 0.230 e. The molecule has 4 heterocycles. The van der Waals surface area contributed by atoms with E-state index in [-0.39, 0.29) is 17.7 Å². The molecule has 0 unspecified atom stereocenters. The molecule has 28 heavy (non-hydrogen) atoms. The van der Waals surface area contributed by atoms with Gasteiger partial charge in [0.05, 0.1) is 30.4 Å². The summed E-state index contributed by atoms with van der Waals surface area (Å²) in [5.41, 5.74) is 0.898. The Balaban J connectivity index is 1.59. The van der Waals surface area contributed by atoms with Gasteiger partial charge in [0.2, 0.25) is 16.7 Å². The normalized spacial score (nSPS) is 16.6. The predicted octanol–water partition coefficient (Wildman–Crippen LogP) is 3.32. The van der Waals surface area contributed by atoms with Crippen LogP contribution < -0.4 is 0 Å². The summed E-state index contributed by atoms with van der Waals surface area (Å²) in [6.45, 7) is 2.66. The molecule has 1 aromatic carbocycles. The van der Waals surface area contributed by atoms with Crippen molar-refractivity contribution < 1.29 is 18.7 Å². The van der Waals surface area contributed by atoms with Crippen molar-refractivity contribution >= 4 is 16.3 Å². The highest BCUT2D eigenvalue weighted by molar-refractivity contribution is 7.17. The van der Waals surface area contributed by atoms with Gasteiger partial charge in [0.25, 0.3) is 0 Å². The summed E-state index contributed by atoms with van der Waals surface area (Å²) >= 11 is 1.36. The first-order valence-electron chi connectivity index (χ1n) is 8.90. The van der Waals surface area contributed by atoms with Gasteiger partial charge in [-0.05, 0) is 29.8 Å². The highest BCUT2D eigenvalue weighted by Crippen LogP contribution is 2.40. The lowest BCUT2D eigenvalue weighted by molar-refractivity contribution is 0.0241. The summed E-state index contributed by atoms with van der Waals surface area (Å²) < 4.78 is 25.7. The third-order valence-electron chi connectivity index (χ3n) is 4.79. The second kappa shape index (κ2) is 7.01. The summed E-state index contributed by atoms with van der Waals surface area (Å²) in [5.74, 6) is 0.702. The fraction of sp³-hybridized carbons (Fsp3) is 0.263. The molecule has 7 nitrogen and oxygen atoms in total. The van der Waals surface area contributed by atoms with Crippen LogP contribution in [0.3, 0.4) is 0 Å². The van der Waals surface area contributed by atoms with Crippen LogP contribution in [0, 0.1) is 5.82 Å². The van der Waals surface area contributed by atoms with Gasteiger partial charge in [-0.1, -0.05) is 23.5 Å². The fourth-order valence-electron chi connectivity index (χ4n) is 3.45. The number of fused-ring (bicyclic) bond motifs is 1. The molecule has 3 aromatic heterocycles. The first kappa shape index (κ1) is 17.4. The Morgan fingerprint density at radius 1 is 1.14 bits per heavy atom. The Morgan fingerprint density at radius 3 is 2.61 bits per heavy atom. The van der Waals surface area contributed by atoms with Gasteiger partial charge in [-0.2, -0.15) is 9.50 Å². The largest absolute Gasteiger partial charge is 0.492 e. The molecule has 1 saturated heterocycles. The number of ether oxygens (including phenoxy) is 1. The molecule has 144 valence electrons. The van der Waals surface area contributed by atoms with Gasteiger partial charge in [-0.15, -0.1) is 5.10 Å². The molecule has 0 amide bonds. The molecule has 4 aromatic rings. The molecule has 1 aliphatic rings. The van der Waals surface area contributed by atoms with Gasteiger partial charge >= 0.3 is 0 Å². The first-order chi connectivity index (χ1) is 13.7. The van der Waals surface area contributed by atoms with E-state index >= 15 is 0 Å². The molecule has 1 atom stereocenters. The van der Waals surface area contributed by atoms with E-state index in [1.165, 1.54) is 28.0 Å². The average molecular weight is 400 g/mol. The van der Waals surface area contributed by atoms with Crippen LogP contribution in [0.1, 0.15) is 16.5 Å². The zero-order valence-corrected chi connectivity index (χ0v) is 15.6. The SMILES string of the molecule is Oc1c([C@H](c2ccc(F)cc2)N2CCOCC2)sc2nc(-c3ccco3)nn12. The van der Waals surface area contributed by atoms with Crippen LogP contribution in [0.5, 0.6) is 5.88 Å². The molecule has 0 aliphatic carbocycles. The third-order valence-corrected chi connectivity index (χ3v) is 5.86. The van der Waals surface area contributed by atoms with Gasteiger partial charge < -0.3 is 14.3 Å². The van der Waals surface area contributed by atoms with Crippen LogP contribution in [0.4, 0.5) is 4.39 Å². The van der Waals surface area contributed by atoms with Crippen molar-refractivity contribution in [3.05, 3.63) is 58.9 Å². The van der Waals surface area contributed by atoms with E-state index in [2.05, 4.69) is 15.0 Å². The van der Waals surface area contributed by atoms with Crippen molar-refractivity contribution in [1.82, 2.24) is 19.5 Å². The Morgan fingerprint density at radius 2 is 1.93 bits per heavy atom. The fourth-order valence-corrected chi connectivity index (χ4v) is 4.56. The van der Waals surface area contributed by atoms with E-state index in [9.17, 15) is 9.50 Å². The molecule has 0 spiro atoms. The summed E-state index contributed by atoms with van der Waals surface area (Å²) in [6.07, 6.45) is 1.55. The lowest BCUT2D eigenvalue weighted by Crippen LogP contribution is -2.39. The Labute approximate surface area is 163 Å². The van der Waals surface area contributed by atoms with Crippen molar-refractivity contribution in [1.29, 1.82) is 0 Å². The number of hydrogen-bond donors (Lipinski definition) is 1. The molecule has 9 heteroatoms. The van der Waals surface area contributed by atoms with Crippen LogP contribution in [0.25, 0.3) is 16.5 Å². The molecule has 1 fully saturated rings. The van der Waals surface area contributed by atoms with Gasteiger partial charge in [0.1, 0.15) is 5.82 Å². The highest BCUT2D eigenvalue weighted by Gasteiger charge is 2.31. The molecular formula is C19H17FN4O3S. The minimum Gasteiger partial charge on any atom is -0.492 e. The number of thiazole rings is 1. The quantitative estimate of drug-likeness (QED) is 0.566. The highest BCUT2D eigenvalue weighted by atomic mass is 32.1. The number of benzene rings is 1. The second-order valence-corrected chi connectivity index (χ2v) is 7.51. The number of aromatic hydroxyl groups is 1. The van der Waals surface area contributed by atoms with E-state index in [1.54, 1.807) is 30.5 Å². The average Bonchev–Trinajstić information content (AvgIpc) is 3.43. The Hall–Kier alpha value is -2.75. The number of nitrogens with zero attached hydrogens (tertiary/aromatic N) is 4. The van der Waals surface area contributed by atoms with E-state index in [1.807, 2.05) is 0 Å². The van der Waals surface area contributed by atoms with E-state index < -0.39 is 0 Å². The smallest absolute Gasteiger partial charge is 0.230 e. The maximum atomic E-state index is 13.5. The van der Waals surface area contributed by atoms with Crippen LogP contribution in [-0.2, 0) is 4.74 Å². The minimum atomic E-state index is -0.292. The van der Waals surface area contributed by atoms with Gasteiger partial charge in [-0.25, -0.2) is 4.39 Å². The molecule has 0 bridgehead atoms. The monoisotopic (exact) mass is 400 g/mol. The molecule has 5 rings (SSSR count). The Bertz CT molecular complexity index is 1080. The van der Waals surface area contributed by atoms with Gasteiger partial charge in [0, 0.05) is 13.1 Å². The van der Waals surface area contributed by atoms with Crippen LogP contribution in [0.15, 0.2) is 47.1 Å². The third kappa shape index (κ3) is 2.97. The summed E-state index contributed by atoms with van der Waals surface area (Å²) in [4.78, 5) is 7.99. The Kier molecular flexibility index (Phi) is 4.34. The predicted molar refractivity (Wildman–Crippen MR) is 101 cm³/mol. The van der Waals surface area contributed by atoms with Crippen molar-refractivity contribution in [3.8, 4) is 17.5 Å². The van der Waals surface area contributed by atoms with E-state index in [0.717, 1.165) is 10.4 Å². The number of hydrogen-bond acceptors (Lipinski definition) is 7. The molecule has 1 N–H and O–H groups in total. The number of furan rings is 1. The van der Waals surface area contributed by atoms with Crippen LogP contribution in [-0.4, -0.2) is 50.9 Å². The summed E-state index contributed by atoms with van der Waals surface area (Å²) in [6, 6.07) is 9.67. The van der Waals surface area contributed by atoms with Crippen molar-refractivity contribution in [2.75, 3.05) is 26.3 Å².